The number of amides is 1. The zero-order valence-corrected chi connectivity index (χ0v) is 15.3. The molecule has 27 heavy (non-hydrogen) atoms. The molecule has 1 aromatic carbocycles. The number of aryl methyl sites for hydroxylation is 3. The van der Waals surface area contributed by atoms with Gasteiger partial charge >= 0.3 is 6.18 Å². The molecule has 0 spiro atoms. The predicted octanol–water partition coefficient (Wildman–Crippen LogP) is 4.41. The molecule has 1 amide bonds. The van der Waals surface area contributed by atoms with Crippen molar-refractivity contribution in [3.05, 3.63) is 64.6 Å². The molecule has 0 bridgehead atoms. The highest BCUT2D eigenvalue weighted by atomic mass is 19.4. The van der Waals surface area contributed by atoms with Crippen molar-refractivity contribution in [1.29, 1.82) is 0 Å². The first-order valence-corrected chi connectivity index (χ1v) is 8.26. The molecule has 0 saturated heterocycles. The fourth-order valence-corrected chi connectivity index (χ4v) is 3.07. The number of carbonyl (C=O) groups excluding carboxylic acids is 1. The summed E-state index contributed by atoms with van der Waals surface area (Å²) < 4.78 is 42.7. The molecule has 0 atom stereocenters. The number of halogens is 3. The average molecular weight is 376 g/mol. The molecule has 0 saturated carbocycles. The summed E-state index contributed by atoms with van der Waals surface area (Å²) in [6.45, 7) is 4.99. The summed E-state index contributed by atoms with van der Waals surface area (Å²) in [7, 11) is 1.79. The van der Waals surface area contributed by atoms with E-state index in [4.69, 9.17) is 0 Å². The number of anilines is 1. The standard InChI is InChI=1S/C19H19F3N4O/c1-11-5-6-14(10-16(11)19(20,21)22)23-18(27)15-9-12(2)26(13(15)3)17-7-8-25(4)24-17/h5-10H,1-4H3,(H,23,27). The van der Waals surface area contributed by atoms with Gasteiger partial charge in [0.15, 0.2) is 5.82 Å². The number of hydrogen-bond donors (Lipinski definition) is 1. The number of carbonyl (C=O) groups is 1. The molecule has 3 rings (SSSR count). The van der Waals surface area contributed by atoms with Gasteiger partial charge in [-0.05, 0) is 44.5 Å². The molecule has 0 radical (unpaired) electrons. The Bertz CT molecular complexity index is 1010. The molecule has 0 aliphatic carbocycles. The van der Waals surface area contributed by atoms with E-state index in [-0.39, 0.29) is 11.3 Å². The maximum absolute atomic E-state index is 13.1. The topological polar surface area (TPSA) is 51.9 Å². The highest BCUT2D eigenvalue weighted by Crippen LogP contribution is 2.33. The molecule has 0 unspecified atom stereocenters. The number of alkyl halides is 3. The van der Waals surface area contributed by atoms with Gasteiger partial charge in [0, 0.05) is 36.4 Å². The van der Waals surface area contributed by atoms with Gasteiger partial charge in [0.25, 0.3) is 5.91 Å². The molecule has 142 valence electrons. The molecule has 2 aromatic heterocycles. The highest BCUT2D eigenvalue weighted by Gasteiger charge is 2.32. The van der Waals surface area contributed by atoms with Gasteiger partial charge in [-0.1, -0.05) is 6.07 Å². The van der Waals surface area contributed by atoms with Crippen LogP contribution in [0.1, 0.15) is 32.9 Å². The van der Waals surface area contributed by atoms with Crippen molar-refractivity contribution in [3.63, 3.8) is 0 Å². The molecule has 0 fully saturated rings. The van der Waals surface area contributed by atoms with Crippen molar-refractivity contribution >= 4 is 11.6 Å². The summed E-state index contributed by atoms with van der Waals surface area (Å²) in [5, 5.41) is 6.89. The Labute approximate surface area is 154 Å². The predicted molar refractivity (Wildman–Crippen MR) is 96.1 cm³/mol. The van der Waals surface area contributed by atoms with Crippen LogP contribution in [0, 0.1) is 20.8 Å². The van der Waals surface area contributed by atoms with Crippen LogP contribution in [0.25, 0.3) is 5.82 Å². The molecule has 1 N–H and O–H groups in total. The minimum Gasteiger partial charge on any atom is -0.322 e. The van der Waals surface area contributed by atoms with Crippen LogP contribution in [-0.2, 0) is 13.2 Å². The summed E-state index contributed by atoms with van der Waals surface area (Å²) in [4.78, 5) is 12.7. The summed E-state index contributed by atoms with van der Waals surface area (Å²) >= 11 is 0. The number of nitrogens with one attached hydrogen (secondary N) is 1. The van der Waals surface area contributed by atoms with Crippen LogP contribution >= 0.6 is 0 Å². The van der Waals surface area contributed by atoms with Gasteiger partial charge in [0.2, 0.25) is 0 Å². The van der Waals surface area contributed by atoms with Crippen molar-refractivity contribution in [2.75, 3.05) is 5.32 Å². The van der Waals surface area contributed by atoms with E-state index in [1.54, 1.807) is 30.9 Å². The number of rotatable bonds is 3. The maximum Gasteiger partial charge on any atom is 0.416 e. The largest absolute Gasteiger partial charge is 0.416 e. The third-order valence-electron chi connectivity index (χ3n) is 4.41. The van der Waals surface area contributed by atoms with E-state index in [0.717, 1.165) is 11.8 Å². The lowest BCUT2D eigenvalue weighted by Crippen LogP contribution is -2.15. The van der Waals surface area contributed by atoms with Crippen LogP contribution in [0.3, 0.4) is 0 Å². The zero-order chi connectivity index (χ0) is 19.9. The molecule has 2 heterocycles. The first-order chi connectivity index (χ1) is 12.6. The fourth-order valence-electron chi connectivity index (χ4n) is 3.07. The number of hydrogen-bond acceptors (Lipinski definition) is 2. The SMILES string of the molecule is Cc1ccc(NC(=O)c2cc(C)n(-c3ccn(C)n3)c2C)cc1C(F)(F)F. The third-order valence-corrected chi connectivity index (χ3v) is 4.41. The first-order valence-electron chi connectivity index (χ1n) is 8.26. The Balaban J connectivity index is 1.92. The Morgan fingerprint density at radius 2 is 1.81 bits per heavy atom. The van der Waals surface area contributed by atoms with Crippen LogP contribution in [0.15, 0.2) is 36.5 Å². The number of aromatic nitrogens is 3. The minimum absolute atomic E-state index is 0.0977. The molecule has 0 aliphatic heterocycles. The molecule has 3 aromatic rings. The van der Waals surface area contributed by atoms with Crippen LogP contribution in [0.4, 0.5) is 18.9 Å². The Morgan fingerprint density at radius 1 is 1.11 bits per heavy atom. The van der Waals surface area contributed by atoms with Crippen molar-refractivity contribution in [3.8, 4) is 5.82 Å². The van der Waals surface area contributed by atoms with E-state index in [9.17, 15) is 18.0 Å². The smallest absolute Gasteiger partial charge is 0.322 e. The van der Waals surface area contributed by atoms with E-state index in [2.05, 4.69) is 10.4 Å². The van der Waals surface area contributed by atoms with Crippen LogP contribution in [0.5, 0.6) is 0 Å². The second kappa shape index (κ2) is 6.61. The Morgan fingerprint density at radius 3 is 2.41 bits per heavy atom. The van der Waals surface area contributed by atoms with Gasteiger partial charge in [-0.25, -0.2) is 0 Å². The quantitative estimate of drug-likeness (QED) is 0.736. The second-order valence-corrected chi connectivity index (χ2v) is 6.45. The van der Waals surface area contributed by atoms with E-state index in [1.165, 1.54) is 19.1 Å². The second-order valence-electron chi connectivity index (χ2n) is 6.45. The van der Waals surface area contributed by atoms with Gasteiger partial charge in [-0.3, -0.25) is 9.48 Å². The van der Waals surface area contributed by atoms with Gasteiger partial charge in [0.1, 0.15) is 0 Å². The highest BCUT2D eigenvalue weighted by molar-refractivity contribution is 6.05. The number of benzene rings is 1. The summed E-state index contributed by atoms with van der Waals surface area (Å²) in [6, 6.07) is 7.26. The fraction of sp³-hybridized carbons (Fsp3) is 0.263. The normalized spacial score (nSPS) is 11.7. The number of nitrogens with zero attached hydrogens (tertiary/aromatic N) is 3. The van der Waals surface area contributed by atoms with E-state index < -0.39 is 17.6 Å². The third kappa shape index (κ3) is 3.60. The zero-order valence-electron chi connectivity index (χ0n) is 15.3. The van der Waals surface area contributed by atoms with Crippen molar-refractivity contribution in [2.24, 2.45) is 7.05 Å². The van der Waals surface area contributed by atoms with E-state index >= 15 is 0 Å². The molecule has 0 aliphatic rings. The maximum atomic E-state index is 13.1. The monoisotopic (exact) mass is 376 g/mol. The first kappa shape index (κ1) is 18.8. The van der Waals surface area contributed by atoms with Crippen LogP contribution in [-0.4, -0.2) is 20.3 Å². The van der Waals surface area contributed by atoms with Crippen molar-refractivity contribution in [2.45, 2.75) is 26.9 Å². The van der Waals surface area contributed by atoms with Gasteiger partial charge < -0.3 is 9.88 Å². The summed E-state index contributed by atoms with van der Waals surface area (Å²) in [5.74, 6) is 0.198. The van der Waals surface area contributed by atoms with Crippen molar-refractivity contribution < 1.29 is 18.0 Å². The van der Waals surface area contributed by atoms with Gasteiger partial charge in [0.05, 0.1) is 11.1 Å². The Kier molecular flexibility index (Phi) is 4.59. The average Bonchev–Trinajstić information content (AvgIpc) is 3.11. The lowest BCUT2D eigenvalue weighted by Gasteiger charge is -2.13. The van der Waals surface area contributed by atoms with Gasteiger partial charge in [-0.2, -0.15) is 18.3 Å². The Hall–Kier alpha value is -3.03. The molecular formula is C19H19F3N4O. The van der Waals surface area contributed by atoms with Gasteiger partial charge in [-0.15, -0.1) is 0 Å². The molecule has 8 heteroatoms. The molecule has 5 nitrogen and oxygen atoms in total. The van der Waals surface area contributed by atoms with Crippen molar-refractivity contribution in [1.82, 2.24) is 14.3 Å². The summed E-state index contributed by atoms with van der Waals surface area (Å²) in [5.41, 5.74) is 1.28. The van der Waals surface area contributed by atoms with Crippen LogP contribution in [0.2, 0.25) is 0 Å². The van der Waals surface area contributed by atoms with Crippen LogP contribution < -0.4 is 5.32 Å². The summed E-state index contributed by atoms with van der Waals surface area (Å²) in [6.07, 6.45) is -2.68. The lowest BCUT2D eigenvalue weighted by molar-refractivity contribution is -0.138. The molecular weight excluding hydrogens is 357 g/mol. The van der Waals surface area contributed by atoms with E-state index in [0.29, 0.717) is 17.1 Å². The lowest BCUT2D eigenvalue weighted by atomic mass is 10.1. The van der Waals surface area contributed by atoms with E-state index in [1.807, 2.05) is 17.6 Å². The minimum atomic E-state index is -4.47.